The third-order valence-corrected chi connectivity index (χ3v) is 2.78. The number of hydrogen-bond acceptors (Lipinski definition) is 5. The zero-order valence-corrected chi connectivity index (χ0v) is 11.8. The summed E-state index contributed by atoms with van der Waals surface area (Å²) in [5.74, 6) is -0.502. The first-order chi connectivity index (χ1) is 8.11. The van der Waals surface area contributed by atoms with Crippen LogP contribution in [0, 0.1) is 6.92 Å². The highest BCUT2D eigenvalue weighted by molar-refractivity contribution is 7.80. The molecule has 0 saturated carbocycles. The maximum absolute atomic E-state index is 12.0. The molecule has 18 heavy (non-hydrogen) atoms. The highest BCUT2D eigenvalue weighted by atomic mass is 32.1. The van der Waals surface area contributed by atoms with Gasteiger partial charge in [-0.15, -0.1) is 12.6 Å². The molecule has 1 rings (SSSR count). The number of benzene rings is 1. The number of ether oxygens (including phenoxy) is 1. The second kappa shape index (κ2) is 5.34. The second-order valence-electron chi connectivity index (χ2n) is 5.09. The average Bonchev–Trinajstić information content (AvgIpc) is 2.18. The van der Waals surface area contributed by atoms with E-state index in [1.165, 1.54) is 12.1 Å². The summed E-state index contributed by atoms with van der Waals surface area (Å²) in [6, 6.07) is 2.92. The Morgan fingerprint density at radius 1 is 1.33 bits per heavy atom. The number of hydrogen-bond donors (Lipinski definition) is 3. The normalized spacial score (nSPS) is 11.3. The van der Waals surface area contributed by atoms with Crippen LogP contribution in [0.25, 0.3) is 0 Å². The van der Waals surface area contributed by atoms with Crippen LogP contribution in [-0.2, 0) is 4.74 Å². The third kappa shape index (κ3) is 3.76. The van der Waals surface area contributed by atoms with E-state index in [0.29, 0.717) is 16.0 Å². The second-order valence-corrected chi connectivity index (χ2v) is 5.57. The lowest BCUT2D eigenvalue weighted by atomic mass is 9.79. The molecule has 1 aromatic carbocycles. The van der Waals surface area contributed by atoms with Gasteiger partial charge in [-0.05, 0) is 50.9 Å². The van der Waals surface area contributed by atoms with Gasteiger partial charge in [0, 0.05) is 4.90 Å². The van der Waals surface area contributed by atoms with Crippen LogP contribution in [-0.4, -0.2) is 28.7 Å². The molecule has 1 aromatic rings. The van der Waals surface area contributed by atoms with Gasteiger partial charge in [-0.2, -0.15) is 0 Å². The van der Waals surface area contributed by atoms with E-state index < -0.39 is 18.7 Å². The van der Waals surface area contributed by atoms with Crippen LogP contribution in [0.1, 0.15) is 36.7 Å². The lowest BCUT2D eigenvalue weighted by molar-refractivity contribution is 0.00685. The van der Waals surface area contributed by atoms with Gasteiger partial charge in [0.25, 0.3) is 0 Å². The third-order valence-electron chi connectivity index (χ3n) is 2.32. The molecule has 0 aliphatic heterocycles. The zero-order valence-electron chi connectivity index (χ0n) is 10.9. The van der Waals surface area contributed by atoms with Gasteiger partial charge in [-0.3, -0.25) is 0 Å². The number of thiol groups is 1. The van der Waals surface area contributed by atoms with Crippen molar-refractivity contribution in [3.05, 3.63) is 23.3 Å². The van der Waals surface area contributed by atoms with E-state index in [2.05, 4.69) is 12.6 Å². The van der Waals surface area contributed by atoms with Crippen molar-refractivity contribution in [2.45, 2.75) is 38.2 Å². The average molecular weight is 268 g/mol. The quantitative estimate of drug-likeness (QED) is 0.424. The van der Waals surface area contributed by atoms with E-state index in [9.17, 15) is 4.79 Å². The summed E-state index contributed by atoms with van der Waals surface area (Å²) in [5.41, 5.74) is 0.553. The molecule has 98 valence electrons. The van der Waals surface area contributed by atoms with E-state index in [0.717, 1.165) is 0 Å². The number of carbonyl (C=O) groups is 1. The van der Waals surface area contributed by atoms with Gasteiger partial charge >= 0.3 is 13.1 Å². The molecule has 0 aliphatic carbocycles. The van der Waals surface area contributed by atoms with Gasteiger partial charge in [0.15, 0.2) is 0 Å². The molecule has 0 amide bonds. The molecule has 0 unspecified atom stereocenters. The minimum atomic E-state index is -1.64. The minimum Gasteiger partial charge on any atom is -0.456 e. The topological polar surface area (TPSA) is 66.8 Å². The first-order valence-electron chi connectivity index (χ1n) is 5.55. The van der Waals surface area contributed by atoms with Crippen molar-refractivity contribution in [3.8, 4) is 0 Å². The first-order valence-corrected chi connectivity index (χ1v) is 5.99. The fourth-order valence-electron chi connectivity index (χ4n) is 1.41. The number of esters is 1. The highest BCUT2D eigenvalue weighted by Gasteiger charge is 2.22. The van der Waals surface area contributed by atoms with Crippen molar-refractivity contribution in [3.63, 3.8) is 0 Å². The molecule has 0 aromatic heterocycles. The lowest BCUT2D eigenvalue weighted by Crippen LogP contribution is -2.32. The fraction of sp³-hybridized carbons (Fsp3) is 0.417. The minimum absolute atomic E-state index is 0.214. The molecular formula is C12H17BO4S. The fourth-order valence-corrected chi connectivity index (χ4v) is 1.68. The SMILES string of the molecule is Cc1c(S)cc(B(O)O)cc1C(=O)OC(C)(C)C. The van der Waals surface area contributed by atoms with Crippen molar-refractivity contribution in [1.29, 1.82) is 0 Å². The Labute approximate surface area is 113 Å². The summed E-state index contributed by atoms with van der Waals surface area (Å²) in [7, 11) is -1.64. The van der Waals surface area contributed by atoms with E-state index in [1.54, 1.807) is 27.7 Å². The van der Waals surface area contributed by atoms with Crippen LogP contribution in [0.5, 0.6) is 0 Å². The highest BCUT2D eigenvalue weighted by Crippen LogP contribution is 2.19. The smallest absolute Gasteiger partial charge is 0.456 e. The number of carbonyl (C=O) groups excluding carboxylic acids is 1. The van der Waals surface area contributed by atoms with Gasteiger partial charge in [0.1, 0.15) is 5.60 Å². The predicted molar refractivity (Wildman–Crippen MR) is 73.4 cm³/mol. The van der Waals surface area contributed by atoms with Crippen molar-refractivity contribution >= 4 is 31.2 Å². The first kappa shape index (κ1) is 15.1. The van der Waals surface area contributed by atoms with Crippen molar-refractivity contribution in [2.24, 2.45) is 0 Å². The molecule has 0 atom stereocenters. The molecular weight excluding hydrogens is 251 g/mol. The molecule has 4 nitrogen and oxygen atoms in total. The Hall–Kier alpha value is -0.975. The summed E-state index contributed by atoms with van der Waals surface area (Å²) in [4.78, 5) is 12.5. The van der Waals surface area contributed by atoms with Crippen LogP contribution in [0.4, 0.5) is 0 Å². The maximum atomic E-state index is 12.0. The van der Waals surface area contributed by atoms with E-state index in [-0.39, 0.29) is 5.46 Å². The Bertz CT molecular complexity index is 466. The van der Waals surface area contributed by atoms with Crippen molar-refractivity contribution < 1.29 is 19.6 Å². The van der Waals surface area contributed by atoms with Crippen LogP contribution in [0.15, 0.2) is 17.0 Å². The van der Waals surface area contributed by atoms with Gasteiger partial charge in [0.05, 0.1) is 5.56 Å². The Balaban J connectivity index is 3.19. The van der Waals surface area contributed by atoms with Crippen molar-refractivity contribution in [2.75, 3.05) is 0 Å². The summed E-state index contributed by atoms with van der Waals surface area (Å²) in [6.07, 6.45) is 0. The van der Waals surface area contributed by atoms with Crippen molar-refractivity contribution in [1.82, 2.24) is 0 Å². The van der Waals surface area contributed by atoms with Gasteiger partial charge in [-0.1, -0.05) is 0 Å². The Morgan fingerprint density at radius 2 is 1.89 bits per heavy atom. The molecule has 0 spiro atoms. The molecule has 0 bridgehead atoms. The molecule has 6 heteroatoms. The summed E-state index contributed by atoms with van der Waals surface area (Å²) < 4.78 is 5.26. The molecule has 0 fully saturated rings. The molecule has 0 saturated heterocycles. The van der Waals surface area contributed by atoms with Crippen LogP contribution < -0.4 is 5.46 Å². The Kier molecular flexibility index (Phi) is 4.48. The molecule has 0 heterocycles. The monoisotopic (exact) mass is 268 g/mol. The lowest BCUT2D eigenvalue weighted by Gasteiger charge is -2.21. The van der Waals surface area contributed by atoms with Crippen LogP contribution in [0.2, 0.25) is 0 Å². The zero-order chi connectivity index (χ0) is 14.1. The summed E-state index contributed by atoms with van der Waals surface area (Å²) >= 11 is 4.21. The van der Waals surface area contributed by atoms with Crippen LogP contribution in [0.3, 0.4) is 0 Å². The largest absolute Gasteiger partial charge is 0.488 e. The van der Waals surface area contributed by atoms with E-state index >= 15 is 0 Å². The molecule has 0 aliphatic rings. The van der Waals surface area contributed by atoms with E-state index in [4.69, 9.17) is 14.8 Å². The van der Waals surface area contributed by atoms with Crippen LogP contribution >= 0.6 is 12.6 Å². The Morgan fingerprint density at radius 3 is 2.33 bits per heavy atom. The predicted octanol–water partition coefficient (Wildman–Crippen LogP) is 0.919. The van der Waals surface area contributed by atoms with E-state index in [1.807, 2.05) is 0 Å². The number of rotatable bonds is 2. The summed E-state index contributed by atoms with van der Waals surface area (Å²) in [6.45, 7) is 7.04. The standard InChI is InChI=1S/C12H17BO4S/c1-7-9(11(14)17-12(2,3)4)5-8(13(15)16)6-10(7)18/h5-6,15-16,18H,1-4H3. The van der Waals surface area contributed by atoms with Gasteiger partial charge < -0.3 is 14.8 Å². The van der Waals surface area contributed by atoms with Gasteiger partial charge in [0.2, 0.25) is 0 Å². The maximum Gasteiger partial charge on any atom is 0.488 e. The summed E-state index contributed by atoms with van der Waals surface area (Å²) in [5, 5.41) is 18.3. The molecule has 0 radical (unpaired) electrons. The molecule has 2 N–H and O–H groups in total. The van der Waals surface area contributed by atoms with Gasteiger partial charge in [-0.25, -0.2) is 4.79 Å².